The highest BCUT2D eigenvalue weighted by Gasteiger charge is 2.40. The minimum absolute atomic E-state index is 0.0662. The van der Waals surface area contributed by atoms with Gasteiger partial charge in [0, 0.05) is 18.9 Å². The van der Waals surface area contributed by atoms with Crippen LogP contribution in [-0.4, -0.2) is 25.2 Å². The Balaban J connectivity index is 1.84. The summed E-state index contributed by atoms with van der Waals surface area (Å²) in [5, 5.41) is 3.42. The molecule has 0 heterocycles. The van der Waals surface area contributed by atoms with Gasteiger partial charge in [0.1, 0.15) is 0 Å². The molecule has 0 atom stereocenters. The van der Waals surface area contributed by atoms with Gasteiger partial charge < -0.3 is 5.32 Å². The van der Waals surface area contributed by atoms with Crippen molar-refractivity contribution in [2.75, 3.05) is 0 Å². The van der Waals surface area contributed by atoms with E-state index in [4.69, 9.17) is 7.85 Å². The van der Waals surface area contributed by atoms with Gasteiger partial charge in [0.05, 0.1) is 7.85 Å². The SMILES string of the molecule is [B]C1(NC2CCCCC2)CCC(F)(F)CC1. The van der Waals surface area contributed by atoms with Crippen LogP contribution in [0.15, 0.2) is 0 Å². The minimum atomic E-state index is -2.49. The fraction of sp³-hybridized carbons (Fsp3) is 1.00. The maximum atomic E-state index is 13.0. The number of rotatable bonds is 2. The second-order valence-electron chi connectivity index (χ2n) is 5.49. The Hall–Kier alpha value is -0.115. The van der Waals surface area contributed by atoms with Crippen LogP contribution in [0.1, 0.15) is 57.8 Å². The first kappa shape index (κ1) is 12.3. The molecule has 0 aromatic heterocycles. The van der Waals surface area contributed by atoms with Gasteiger partial charge in [-0.05, 0) is 31.1 Å². The van der Waals surface area contributed by atoms with Gasteiger partial charge in [0.25, 0.3) is 0 Å². The van der Waals surface area contributed by atoms with Gasteiger partial charge in [-0.15, -0.1) is 0 Å². The van der Waals surface area contributed by atoms with E-state index in [0.29, 0.717) is 18.9 Å². The molecule has 2 fully saturated rings. The summed E-state index contributed by atoms with van der Waals surface area (Å²) in [4.78, 5) is 0. The monoisotopic (exact) mass is 227 g/mol. The van der Waals surface area contributed by atoms with Crippen LogP contribution >= 0.6 is 0 Å². The van der Waals surface area contributed by atoms with Gasteiger partial charge in [0.15, 0.2) is 0 Å². The molecule has 0 spiro atoms. The van der Waals surface area contributed by atoms with Crippen LogP contribution in [0.2, 0.25) is 0 Å². The molecule has 2 saturated carbocycles. The Morgan fingerprint density at radius 3 is 2.06 bits per heavy atom. The summed E-state index contributed by atoms with van der Waals surface area (Å²) in [6.45, 7) is 0. The van der Waals surface area contributed by atoms with Crippen molar-refractivity contribution in [1.29, 1.82) is 0 Å². The molecule has 2 aliphatic carbocycles. The van der Waals surface area contributed by atoms with Crippen molar-refractivity contribution in [3.05, 3.63) is 0 Å². The lowest BCUT2D eigenvalue weighted by Gasteiger charge is -2.42. The highest BCUT2D eigenvalue weighted by Crippen LogP contribution is 2.37. The predicted molar refractivity (Wildman–Crippen MR) is 61.9 cm³/mol. The summed E-state index contributed by atoms with van der Waals surface area (Å²) in [6.07, 6.45) is 6.74. The quantitative estimate of drug-likeness (QED) is 0.715. The third-order valence-corrected chi connectivity index (χ3v) is 3.97. The standard InChI is InChI=1S/C12H20BF2N/c13-11(6-8-12(14,15)9-7-11)16-10-4-2-1-3-5-10/h10,16H,1-9H2. The number of hydrogen-bond acceptors (Lipinski definition) is 1. The average Bonchev–Trinajstić information content (AvgIpc) is 2.25. The van der Waals surface area contributed by atoms with Crippen molar-refractivity contribution < 1.29 is 8.78 Å². The summed E-state index contributed by atoms with van der Waals surface area (Å²) >= 11 is 0. The Labute approximate surface area is 97.8 Å². The first-order valence-corrected chi connectivity index (χ1v) is 6.44. The number of hydrogen-bond donors (Lipinski definition) is 1. The molecule has 0 aromatic rings. The predicted octanol–water partition coefficient (Wildman–Crippen LogP) is 2.98. The van der Waals surface area contributed by atoms with Gasteiger partial charge >= 0.3 is 0 Å². The fourth-order valence-corrected chi connectivity index (χ4v) is 2.86. The molecular formula is C12H20BF2N. The van der Waals surface area contributed by atoms with E-state index in [1.807, 2.05) is 0 Å². The fourth-order valence-electron chi connectivity index (χ4n) is 2.86. The lowest BCUT2D eigenvalue weighted by Crippen LogP contribution is -2.54. The van der Waals surface area contributed by atoms with Crippen molar-refractivity contribution in [2.45, 2.75) is 75.2 Å². The molecule has 2 rings (SSSR count). The summed E-state index contributed by atoms with van der Waals surface area (Å²) < 4.78 is 26.1. The minimum Gasteiger partial charge on any atom is -0.317 e. The van der Waals surface area contributed by atoms with E-state index in [1.165, 1.54) is 19.3 Å². The molecule has 0 saturated heterocycles. The van der Waals surface area contributed by atoms with E-state index < -0.39 is 11.4 Å². The van der Waals surface area contributed by atoms with Crippen molar-refractivity contribution in [3.8, 4) is 0 Å². The van der Waals surface area contributed by atoms with E-state index in [1.54, 1.807) is 0 Å². The van der Waals surface area contributed by atoms with Gasteiger partial charge in [-0.25, -0.2) is 8.78 Å². The first-order chi connectivity index (χ1) is 7.49. The summed E-state index contributed by atoms with van der Waals surface area (Å²) in [5.41, 5.74) is -0.538. The Kier molecular flexibility index (Phi) is 3.58. The van der Waals surface area contributed by atoms with E-state index >= 15 is 0 Å². The van der Waals surface area contributed by atoms with Gasteiger partial charge in [-0.1, -0.05) is 19.3 Å². The second kappa shape index (κ2) is 4.63. The van der Waals surface area contributed by atoms with Gasteiger partial charge in [-0.3, -0.25) is 0 Å². The van der Waals surface area contributed by atoms with Crippen molar-refractivity contribution in [1.82, 2.24) is 5.32 Å². The maximum absolute atomic E-state index is 13.0. The van der Waals surface area contributed by atoms with E-state index in [9.17, 15) is 8.78 Å². The molecule has 0 aliphatic heterocycles. The molecule has 2 radical (unpaired) electrons. The smallest absolute Gasteiger partial charge is 0.248 e. The highest BCUT2D eigenvalue weighted by molar-refractivity contribution is 6.15. The molecule has 0 unspecified atom stereocenters. The van der Waals surface area contributed by atoms with Crippen molar-refractivity contribution in [3.63, 3.8) is 0 Å². The molecule has 4 heteroatoms. The Bertz CT molecular complexity index is 229. The van der Waals surface area contributed by atoms with Crippen LogP contribution in [0, 0.1) is 0 Å². The third-order valence-electron chi connectivity index (χ3n) is 3.97. The van der Waals surface area contributed by atoms with Crippen LogP contribution < -0.4 is 5.32 Å². The molecular weight excluding hydrogens is 207 g/mol. The summed E-state index contributed by atoms with van der Waals surface area (Å²) in [5.74, 6) is -2.49. The number of nitrogens with one attached hydrogen (secondary N) is 1. The zero-order valence-corrected chi connectivity index (χ0v) is 9.77. The lowest BCUT2D eigenvalue weighted by atomic mass is 9.66. The van der Waals surface area contributed by atoms with Crippen LogP contribution in [0.3, 0.4) is 0 Å². The topological polar surface area (TPSA) is 12.0 Å². The lowest BCUT2D eigenvalue weighted by molar-refractivity contribution is -0.0465. The van der Waals surface area contributed by atoms with Crippen molar-refractivity contribution >= 4 is 7.85 Å². The van der Waals surface area contributed by atoms with Gasteiger partial charge in [0.2, 0.25) is 5.92 Å². The molecule has 0 amide bonds. The van der Waals surface area contributed by atoms with Crippen LogP contribution in [0.25, 0.3) is 0 Å². The molecule has 16 heavy (non-hydrogen) atoms. The largest absolute Gasteiger partial charge is 0.317 e. The van der Waals surface area contributed by atoms with Crippen molar-refractivity contribution in [2.24, 2.45) is 0 Å². The second-order valence-corrected chi connectivity index (χ2v) is 5.49. The third kappa shape index (κ3) is 3.19. The molecule has 0 aromatic carbocycles. The zero-order chi connectivity index (χ0) is 11.6. The van der Waals surface area contributed by atoms with E-state index in [-0.39, 0.29) is 12.8 Å². The molecule has 0 bridgehead atoms. The van der Waals surface area contributed by atoms with Crippen LogP contribution in [0.4, 0.5) is 8.78 Å². The number of alkyl halides is 2. The number of halogens is 2. The molecule has 1 nitrogen and oxygen atoms in total. The van der Waals surface area contributed by atoms with E-state index in [0.717, 1.165) is 12.8 Å². The maximum Gasteiger partial charge on any atom is 0.248 e. The summed E-state index contributed by atoms with van der Waals surface area (Å²) in [6, 6.07) is 0.450. The zero-order valence-electron chi connectivity index (χ0n) is 9.77. The molecule has 1 N–H and O–H groups in total. The Morgan fingerprint density at radius 2 is 1.50 bits per heavy atom. The Morgan fingerprint density at radius 1 is 0.938 bits per heavy atom. The van der Waals surface area contributed by atoms with E-state index in [2.05, 4.69) is 5.32 Å². The van der Waals surface area contributed by atoms with Gasteiger partial charge in [-0.2, -0.15) is 0 Å². The van der Waals surface area contributed by atoms with Crippen LogP contribution in [0.5, 0.6) is 0 Å². The van der Waals surface area contributed by atoms with Crippen LogP contribution in [-0.2, 0) is 0 Å². The molecule has 90 valence electrons. The normalized spacial score (nSPS) is 30.1. The molecule has 2 aliphatic rings. The highest BCUT2D eigenvalue weighted by atomic mass is 19.3. The average molecular weight is 227 g/mol. The first-order valence-electron chi connectivity index (χ1n) is 6.44. The summed E-state index contributed by atoms with van der Waals surface area (Å²) in [7, 11) is 6.17.